The molecule has 4 saturated carbocycles. The molecule has 47 heavy (non-hydrogen) atoms. The molecule has 6 N–H and O–H groups in total. The van der Waals surface area contributed by atoms with Crippen molar-refractivity contribution in [3.63, 3.8) is 0 Å². The van der Waals surface area contributed by atoms with Crippen LogP contribution in [0.2, 0.25) is 0 Å². The molecule has 0 aromatic rings. The summed E-state index contributed by atoms with van der Waals surface area (Å²) in [6, 6.07) is 0. The summed E-state index contributed by atoms with van der Waals surface area (Å²) < 4.78 is 17.0. The van der Waals surface area contributed by atoms with Gasteiger partial charge in [-0.25, -0.2) is 0 Å². The summed E-state index contributed by atoms with van der Waals surface area (Å²) in [5, 5.41) is 64.3. The number of carboxylic acid groups (broad SMARTS) is 1. The summed E-state index contributed by atoms with van der Waals surface area (Å²) in [6.45, 7) is 10.2. The topological polar surface area (TPSA) is 183 Å². The second-order valence-electron chi connectivity index (χ2n) is 17.3. The van der Waals surface area contributed by atoms with Crippen molar-refractivity contribution in [3.05, 3.63) is 11.6 Å². The van der Waals surface area contributed by atoms with Crippen LogP contribution in [0.25, 0.3) is 0 Å². The van der Waals surface area contributed by atoms with Gasteiger partial charge >= 0.3 is 11.9 Å². The number of esters is 1. The van der Waals surface area contributed by atoms with Crippen molar-refractivity contribution >= 4 is 11.9 Å². The van der Waals surface area contributed by atoms with Crippen LogP contribution in [0.3, 0.4) is 0 Å². The molecule has 266 valence electrons. The van der Waals surface area contributed by atoms with Crippen LogP contribution < -0.4 is 0 Å². The lowest BCUT2D eigenvalue weighted by Crippen LogP contribution is -2.69. The molecule has 1 aliphatic heterocycles. The Morgan fingerprint density at radius 2 is 1.60 bits per heavy atom. The molecule has 15 atom stereocenters. The Morgan fingerprint density at radius 1 is 0.915 bits per heavy atom. The van der Waals surface area contributed by atoms with Gasteiger partial charge in [-0.3, -0.25) is 9.59 Å². The van der Waals surface area contributed by atoms with Crippen molar-refractivity contribution in [3.8, 4) is 0 Å². The SMILES string of the molecule is COC(=O)[C@]1(C)CC[C@]2(C(=O)O)CC[C@]3(C)C(=CC[C@@H]4[C@@]5(C)C[C@H](O)[C@H](O[C@@H]6OC[C@@H](O)[C@H](O)[C@H]6O)[C@@](C)(CO)C5CC[C@]43C)[C@H]2C1. The Bertz CT molecular complexity index is 1300. The van der Waals surface area contributed by atoms with E-state index in [1.807, 2.05) is 13.8 Å². The molecule has 6 aliphatic rings. The smallest absolute Gasteiger partial charge is 0.311 e. The number of carbonyl (C=O) groups excluding carboxylic acids is 1. The van der Waals surface area contributed by atoms with Crippen molar-refractivity contribution in [2.24, 2.45) is 50.2 Å². The van der Waals surface area contributed by atoms with Crippen LogP contribution >= 0.6 is 0 Å². The van der Waals surface area contributed by atoms with E-state index in [2.05, 4.69) is 26.8 Å². The second-order valence-corrected chi connectivity index (χ2v) is 17.3. The van der Waals surface area contributed by atoms with Crippen molar-refractivity contribution in [2.75, 3.05) is 20.3 Å². The van der Waals surface area contributed by atoms with Crippen LogP contribution in [-0.2, 0) is 23.8 Å². The molecule has 0 spiro atoms. The maximum atomic E-state index is 13.1. The number of aliphatic hydroxyl groups excluding tert-OH is 5. The number of fused-ring (bicyclic) bond motifs is 7. The lowest BCUT2D eigenvalue weighted by Gasteiger charge is -2.71. The van der Waals surface area contributed by atoms with Gasteiger partial charge in [0, 0.05) is 5.41 Å². The lowest BCUT2D eigenvalue weighted by atomic mass is 9.33. The third-order valence-corrected chi connectivity index (χ3v) is 15.3. The van der Waals surface area contributed by atoms with Gasteiger partial charge in [-0.1, -0.05) is 39.3 Å². The normalized spacial score (nSPS) is 54.2. The van der Waals surface area contributed by atoms with Gasteiger partial charge in [-0.05, 0) is 98.7 Å². The predicted octanol–water partition coefficient (Wildman–Crippen LogP) is 2.79. The molecule has 1 heterocycles. The third kappa shape index (κ3) is 4.69. The highest BCUT2D eigenvalue weighted by Gasteiger charge is 2.71. The summed E-state index contributed by atoms with van der Waals surface area (Å²) in [6.07, 6.45) is 0.204. The summed E-state index contributed by atoms with van der Waals surface area (Å²) in [7, 11) is 1.40. The number of ether oxygens (including phenoxy) is 3. The van der Waals surface area contributed by atoms with E-state index in [-0.39, 0.29) is 47.8 Å². The molecule has 5 fully saturated rings. The molecule has 1 unspecified atom stereocenters. The molecule has 0 radical (unpaired) electrons. The maximum Gasteiger partial charge on any atom is 0.311 e. The van der Waals surface area contributed by atoms with Crippen molar-refractivity contribution < 1.29 is 54.4 Å². The monoisotopic (exact) mass is 664 g/mol. The van der Waals surface area contributed by atoms with Gasteiger partial charge in [0.25, 0.3) is 0 Å². The van der Waals surface area contributed by atoms with Gasteiger partial charge in [-0.15, -0.1) is 0 Å². The Balaban J connectivity index is 1.35. The molecule has 0 amide bonds. The fourth-order valence-electron chi connectivity index (χ4n) is 12.3. The van der Waals surface area contributed by atoms with Gasteiger partial charge in [0.1, 0.15) is 18.3 Å². The van der Waals surface area contributed by atoms with E-state index in [0.29, 0.717) is 38.5 Å². The number of allylic oxidation sites excluding steroid dienone is 2. The fraction of sp³-hybridized carbons (Fsp3) is 0.889. The summed E-state index contributed by atoms with van der Waals surface area (Å²) in [5.74, 6) is -1.29. The highest BCUT2D eigenvalue weighted by Crippen LogP contribution is 2.76. The Morgan fingerprint density at radius 3 is 2.23 bits per heavy atom. The standard InChI is InChI=1S/C36H56O11/c1-31(30(44)45-6)11-13-36(29(42)43)14-12-34(4)19(20(36)15-31)7-8-24-32(2)16-21(38)27(47-28-26(41)25(40)22(39)17-46-28)33(3,18-37)23(32)9-10-35(24,34)5/h7,20-28,37-41H,8-18H2,1-6H3,(H,42,43)/t20-,21+,22-,23?,24-,25+,26-,27+,28+,31-,32+,33+,34-,35-,36+/m1/s1. The molecular formula is C36H56O11. The zero-order valence-electron chi connectivity index (χ0n) is 28.8. The lowest BCUT2D eigenvalue weighted by molar-refractivity contribution is -0.328. The molecule has 1 saturated heterocycles. The number of aliphatic carboxylic acids is 1. The number of carbonyl (C=O) groups is 2. The molecule has 6 rings (SSSR count). The average Bonchev–Trinajstić information content (AvgIpc) is 3.02. The van der Waals surface area contributed by atoms with E-state index in [1.165, 1.54) is 7.11 Å². The zero-order chi connectivity index (χ0) is 34.5. The summed E-state index contributed by atoms with van der Waals surface area (Å²) >= 11 is 0. The highest BCUT2D eigenvalue weighted by molar-refractivity contribution is 5.80. The number of methoxy groups -OCH3 is 1. The summed E-state index contributed by atoms with van der Waals surface area (Å²) in [5.41, 5.74) is -2.39. The Labute approximate surface area is 277 Å². The minimum atomic E-state index is -1.51. The third-order valence-electron chi connectivity index (χ3n) is 15.3. The first-order valence-electron chi connectivity index (χ1n) is 17.5. The van der Waals surface area contributed by atoms with E-state index < -0.39 is 64.4 Å². The quantitative estimate of drug-likeness (QED) is 0.144. The minimum Gasteiger partial charge on any atom is -0.481 e. The highest BCUT2D eigenvalue weighted by atomic mass is 16.7. The molecule has 0 aromatic heterocycles. The first-order valence-corrected chi connectivity index (χ1v) is 17.5. The van der Waals surface area contributed by atoms with Crippen LogP contribution in [0.4, 0.5) is 0 Å². The number of hydrogen-bond donors (Lipinski definition) is 6. The molecule has 5 aliphatic carbocycles. The van der Waals surface area contributed by atoms with Crippen LogP contribution in [0.1, 0.15) is 92.4 Å². The van der Waals surface area contributed by atoms with E-state index >= 15 is 0 Å². The van der Waals surface area contributed by atoms with Crippen molar-refractivity contribution in [2.45, 2.75) is 129 Å². The van der Waals surface area contributed by atoms with Crippen molar-refractivity contribution in [1.82, 2.24) is 0 Å². The van der Waals surface area contributed by atoms with E-state index in [4.69, 9.17) is 14.2 Å². The van der Waals surface area contributed by atoms with Crippen LogP contribution in [-0.4, -0.2) is 99.7 Å². The largest absolute Gasteiger partial charge is 0.481 e. The molecule has 11 heteroatoms. The fourth-order valence-corrected chi connectivity index (χ4v) is 12.3. The minimum absolute atomic E-state index is 0.0553. The average molecular weight is 665 g/mol. The summed E-state index contributed by atoms with van der Waals surface area (Å²) in [4.78, 5) is 26.1. The van der Waals surface area contributed by atoms with Gasteiger partial charge in [0.2, 0.25) is 0 Å². The first kappa shape index (κ1) is 35.2. The number of rotatable bonds is 5. The molecule has 0 aromatic carbocycles. The molecular weight excluding hydrogens is 608 g/mol. The van der Waals surface area contributed by atoms with Gasteiger partial charge in [-0.2, -0.15) is 0 Å². The number of aliphatic hydroxyl groups is 5. The van der Waals surface area contributed by atoms with Crippen LogP contribution in [0, 0.1) is 50.2 Å². The predicted molar refractivity (Wildman–Crippen MR) is 168 cm³/mol. The number of carboxylic acids is 1. The second kappa shape index (κ2) is 11.5. The Kier molecular flexibility index (Phi) is 8.60. The van der Waals surface area contributed by atoms with Crippen LogP contribution in [0.15, 0.2) is 11.6 Å². The van der Waals surface area contributed by atoms with Gasteiger partial charge in [0.05, 0.1) is 43.4 Å². The number of hydrogen-bond acceptors (Lipinski definition) is 10. The Hall–Kier alpha value is -1.60. The van der Waals surface area contributed by atoms with E-state index in [0.717, 1.165) is 24.8 Å². The maximum absolute atomic E-state index is 13.1. The van der Waals surface area contributed by atoms with Gasteiger partial charge < -0.3 is 44.8 Å². The van der Waals surface area contributed by atoms with E-state index in [9.17, 15) is 40.2 Å². The van der Waals surface area contributed by atoms with E-state index in [1.54, 1.807) is 0 Å². The van der Waals surface area contributed by atoms with Crippen molar-refractivity contribution in [1.29, 1.82) is 0 Å². The molecule has 11 nitrogen and oxygen atoms in total. The van der Waals surface area contributed by atoms with Crippen LogP contribution in [0.5, 0.6) is 0 Å². The molecule has 0 bridgehead atoms. The first-order chi connectivity index (χ1) is 21.9. The zero-order valence-corrected chi connectivity index (χ0v) is 28.8. The van der Waals surface area contributed by atoms with Gasteiger partial charge in [0.15, 0.2) is 6.29 Å².